The summed E-state index contributed by atoms with van der Waals surface area (Å²) in [6.45, 7) is 4.46. The van der Waals surface area contributed by atoms with Crippen molar-refractivity contribution in [2.75, 3.05) is 39.3 Å². The Labute approximate surface area is 174 Å². The highest BCUT2D eigenvalue weighted by Crippen LogP contribution is 2.13. The fourth-order valence-electron chi connectivity index (χ4n) is 3.46. The van der Waals surface area contributed by atoms with Crippen molar-refractivity contribution in [2.45, 2.75) is 0 Å². The number of rotatable bonds is 6. The summed E-state index contributed by atoms with van der Waals surface area (Å²) in [5, 5.41) is 6.71. The summed E-state index contributed by atoms with van der Waals surface area (Å²) in [6, 6.07) is 13.5. The molecule has 0 aliphatic carbocycles. The van der Waals surface area contributed by atoms with Gasteiger partial charge < -0.3 is 14.8 Å². The lowest BCUT2D eigenvalue weighted by molar-refractivity contribution is 0.0638. The van der Waals surface area contributed by atoms with Crippen molar-refractivity contribution >= 4 is 23.2 Å². The van der Waals surface area contributed by atoms with Gasteiger partial charge in [0.15, 0.2) is 0 Å². The predicted molar refractivity (Wildman–Crippen MR) is 115 cm³/mol. The fraction of sp³-hybridized carbons (Fsp3) is 0.273. The molecule has 3 heterocycles. The van der Waals surface area contributed by atoms with Crippen LogP contribution in [0.4, 0.5) is 0 Å². The topological polar surface area (TPSA) is 57.6 Å². The molecule has 1 saturated heterocycles. The lowest BCUT2D eigenvalue weighted by Gasteiger charge is -2.34. The molecule has 0 atom stereocenters. The lowest BCUT2D eigenvalue weighted by atomic mass is 10.1. The second-order valence-electron chi connectivity index (χ2n) is 7.04. The second kappa shape index (κ2) is 9.07. The Morgan fingerprint density at radius 3 is 2.31 bits per heavy atom. The number of amides is 2. The van der Waals surface area contributed by atoms with Crippen LogP contribution in [0.15, 0.2) is 65.6 Å². The number of thiophene rings is 1. The number of piperazine rings is 1. The van der Waals surface area contributed by atoms with Crippen molar-refractivity contribution in [3.63, 3.8) is 0 Å². The SMILES string of the molecule is O=C(NCCN1CCN(C(=O)c2ccc(-n3cccc3)cc2)CC1)c1ccsc1. The van der Waals surface area contributed by atoms with Gasteiger partial charge in [-0.25, -0.2) is 0 Å². The predicted octanol–water partition coefficient (Wildman–Crippen LogP) is 2.73. The monoisotopic (exact) mass is 408 g/mol. The molecule has 2 amide bonds. The smallest absolute Gasteiger partial charge is 0.253 e. The van der Waals surface area contributed by atoms with Crippen molar-refractivity contribution in [2.24, 2.45) is 0 Å². The molecule has 0 spiro atoms. The molecular formula is C22H24N4O2S. The van der Waals surface area contributed by atoms with Gasteiger partial charge in [0.2, 0.25) is 0 Å². The van der Waals surface area contributed by atoms with Crippen LogP contribution in [-0.4, -0.2) is 65.4 Å². The number of benzene rings is 1. The number of carbonyl (C=O) groups is 2. The highest BCUT2D eigenvalue weighted by atomic mass is 32.1. The van der Waals surface area contributed by atoms with E-state index in [-0.39, 0.29) is 11.8 Å². The minimum atomic E-state index is -0.0246. The van der Waals surface area contributed by atoms with Crippen LogP contribution < -0.4 is 5.32 Å². The molecule has 0 bridgehead atoms. The Bertz CT molecular complexity index is 928. The lowest BCUT2D eigenvalue weighted by Crippen LogP contribution is -2.50. The summed E-state index contributed by atoms with van der Waals surface area (Å²) in [4.78, 5) is 28.9. The molecule has 7 heteroatoms. The zero-order valence-electron chi connectivity index (χ0n) is 16.2. The molecule has 1 N–H and O–H groups in total. The van der Waals surface area contributed by atoms with Crippen molar-refractivity contribution in [3.05, 3.63) is 76.7 Å². The van der Waals surface area contributed by atoms with E-state index in [1.54, 1.807) is 0 Å². The molecule has 1 aliphatic rings. The van der Waals surface area contributed by atoms with E-state index in [0.29, 0.717) is 25.2 Å². The molecule has 1 aromatic carbocycles. The highest BCUT2D eigenvalue weighted by molar-refractivity contribution is 7.08. The van der Waals surface area contributed by atoms with Crippen LogP contribution in [0.5, 0.6) is 0 Å². The minimum absolute atomic E-state index is 0.0246. The number of nitrogens with one attached hydrogen (secondary N) is 1. The number of hydrogen-bond acceptors (Lipinski definition) is 4. The molecule has 3 aromatic rings. The summed E-state index contributed by atoms with van der Waals surface area (Å²) in [7, 11) is 0. The van der Waals surface area contributed by atoms with Crippen LogP contribution in [0.1, 0.15) is 20.7 Å². The molecule has 6 nitrogen and oxygen atoms in total. The molecule has 29 heavy (non-hydrogen) atoms. The van der Waals surface area contributed by atoms with Gasteiger partial charge in [-0.1, -0.05) is 0 Å². The Hall–Kier alpha value is -2.90. The number of aromatic nitrogens is 1. The van der Waals surface area contributed by atoms with E-state index >= 15 is 0 Å². The minimum Gasteiger partial charge on any atom is -0.351 e. The van der Waals surface area contributed by atoms with Crippen molar-refractivity contribution < 1.29 is 9.59 Å². The molecule has 1 aliphatic heterocycles. The van der Waals surface area contributed by atoms with Crippen LogP contribution in [0.3, 0.4) is 0 Å². The van der Waals surface area contributed by atoms with E-state index in [9.17, 15) is 9.59 Å². The van der Waals surface area contributed by atoms with Crippen molar-refractivity contribution in [3.8, 4) is 5.69 Å². The largest absolute Gasteiger partial charge is 0.351 e. The first-order valence-electron chi connectivity index (χ1n) is 9.76. The van der Waals surface area contributed by atoms with Crippen LogP contribution in [0.2, 0.25) is 0 Å². The first-order valence-corrected chi connectivity index (χ1v) is 10.7. The maximum atomic E-state index is 12.8. The first kappa shape index (κ1) is 19.4. The van der Waals surface area contributed by atoms with Gasteiger partial charge in [0.05, 0.1) is 0 Å². The van der Waals surface area contributed by atoms with Crippen LogP contribution >= 0.6 is 11.3 Å². The Kier molecular flexibility index (Phi) is 6.07. The summed E-state index contributed by atoms with van der Waals surface area (Å²) >= 11 is 1.52. The molecule has 0 saturated carbocycles. The fourth-order valence-corrected chi connectivity index (χ4v) is 4.10. The average Bonchev–Trinajstić information content (AvgIpc) is 3.48. The van der Waals surface area contributed by atoms with E-state index in [2.05, 4.69) is 10.2 Å². The zero-order valence-corrected chi connectivity index (χ0v) is 17.0. The van der Waals surface area contributed by atoms with Gasteiger partial charge in [0, 0.05) is 73.9 Å². The van der Waals surface area contributed by atoms with Gasteiger partial charge in [0.25, 0.3) is 11.8 Å². The van der Waals surface area contributed by atoms with E-state index in [4.69, 9.17) is 0 Å². The third-order valence-electron chi connectivity index (χ3n) is 5.17. The maximum Gasteiger partial charge on any atom is 0.253 e. The van der Waals surface area contributed by atoms with Crippen LogP contribution in [-0.2, 0) is 0 Å². The molecule has 0 radical (unpaired) electrons. The summed E-state index contributed by atoms with van der Waals surface area (Å²) < 4.78 is 2.02. The summed E-state index contributed by atoms with van der Waals surface area (Å²) in [6.07, 6.45) is 3.97. The Morgan fingerprint density at radius 2 is 1.66 bits per heavy atom. The van der Waals surface area contributed by atoms with Gasteiger partial charge in [-0.2, -0.15) is 11.3 Å². The van der Waals surface area contributed by atoms with Gasteiger partial charge in [0.1, 0.15) is 0 Å². The number of carbonyl (C=O) groups excluding carboxylic acids is 2. The quantitative estimate of drug-likeness (QED) is 0.682. The average molecular weight is 409 g/mol. The summed E-state index contributed by atoms with van der Waals surface area (Å²) in [5.74, 6) is 0.0536. The maximum absolute atomic E-state index is 12.8. The van der Waals surface area contributed by atoms with Gasteiger partial charge >= 0.3 is 0 Å². The molecule has 2 aromatic heterocycles. The third-order valence-corrected chi connectivity index (χ3v) is 5.86. The molecule has 0 unspecified atom stereocenters. The van der Waals surface area contributed by atoms with Gasteiger partial charge in [-0.15, -0.1) is 0 Å². The van der Waals surface area contributed by atoms with E-state index < -0.39 is 0 Å². The van der Waals surface area contributed by atoms with E-state index in [0.717, 1.165) is 30.9 Å². The molecule has 150 valence electrons. The highest BCUT2D eigenvalue weighted by Gasteiger charge is 2.22. The van der Waals surface area contributed by atoms with Crippen molar-refractivity contribution in [1.29, 1.82) is 0 Å². The summed E-state index contributed by atoms with van der Waals surface area (Å²) in [5.41, 5.74) is 2.48. The van der Waals surface area contributed by atoms with Gasteiger partial charge in [-0.3, -0.25) is 14.5 Å². The molecule has 4 rings (SSSR count). The molecule has 1 fully saturated rings. The van der Waals surface area contributed by atoms with E-state index in [1.165, 1.54) is 11.3 Å². The van der Waals surface area contributed by atoms with Crippen molar-refractivity contribution in [1.82, 2.24) is 19.7 Å². The zero-order chi connectivity index (χ0) is 20.1. The second-order valence-corrected chi connectivity index (χ2v) is 7.82. The molecular weight excluding hydrogens is 384 g/mol. The van der Waals surface area contributed by atoms with Crippen LogP contribution in [0.25, 0.3) is 5.69 Å². The third kappa shape index (κ3) is 4.75. The number of hydrogen-bond donors (Lipinski definition) is 1. The first-order chi connectivity index (χ1) is 14.2. The normalized spacial score (nSPS) is 14.7. The Balaban J connectivity index is 1.23. The number of nitrogens with zero attached hydrogens (tertiary/aromatic N) is 3. The standard InChI is InChI=1S/C22H24N4O2S/c27-21(19-7-16-29-17-19)23-8-11-24-12-14-26(15-13-24)22(28)18-3-5-20(6-4-18)25-9-1-2-10-25/h1-7,9-10,16-17H,8,11-15H2,(H,23,27). The Morgan fingerprint density at radius 1 is 0.931 bits per heavy atom. The van der Waals surface area contributed by atoms with E-state index in [1.807, 2.05) is 75.1 Å². The van der Waals surface area contributed by atoms with Gasteiger partial charge in [-0.05, 0) is 47.8 Å². The van der Waals surface area contributed by atoms with Crippen LogP contribution in [0, 0.1) is 0 Å².